The summed E-state index contributed by atoms with van der Waals surface area (Å²) >= 11 is 0. The lowest BCUT2D eigenvalue weighted by atomic mass is 9.63. The van der Waals surface area contributed by atoms with Gasteiger partial charge < -0.3 is 8.83 Å². The minimum absolute atomic E-state index is 0.0703. The molecular formula is C45H18B8N4O2. The van der Waals surface area contributed by atoms with Gasteiger partial charge in [0.1, 0.15) is 85.1 Å². The number of fused-ring (bicyclic) bond motifs is 9. The SMILES string of the molecule is [B]c1c([B])c([B])c2c(c1[B])c1c([B])c([B])c([B])c([B])c1n2-c1nc(-c2ccccc2)nc(-c2ccc3c(c2)oc2cccc(-c4cccc5c4oc4ccccc45)c23)n1. The van der Waals surface area contributed by atoms with E-state index < -0.39 is 0 Å². The molecule has 14 heteroatoms. The fourth-order valence-electron chi connectivity index (χ4n) is 8.37. The van der Waals surface area contributed by atoms with Crippen molar-refractivity contribution >= 4 is 172 Å². The van der Waals surface area contributed by atoms with Crippen LogP contribution >= 0.6 is 0 Å². The molecule has 254 valence electrons. The van der Waals surface area contributed by atoms with Crippen molar-refractivity contribution in [3.8, 4) is 39.9 Å². The number of para-hydroxylation sites is 2. The van der Waals surface area contributed by atoms with E-state index in [2.05, 4.69) is 30.3 Å². The van der Waals surface area contributed by atoms with Crippen LogP contribution in [0.1, 0.15) is 0 Å². The Morgan fingerprint density at radius 3 is 1.68 bits per heavy atom. The smallest absolute Gasteiger partial charge is 0.238 e. The van der Waals surface area contributed by atoms with E-state index in [-0.39, 0.29) is 49.7 Å². The molecule has 4 aromatic heterocycles. The van der Waals surface area contributed by atoms with Crippen LogP contribution in [0.25, 0.3) is 106 Å². The number of nitrogens with zero attached hydrogens (tertiary/aromatic N) is 4. The van der Waals surface area contributed by atoms with Crippen molar-refractivity contribution in [1.29, 1.82) is 0 Å². The molecule has 0 bridgehead atoms. The van der Waals surface area contributed by atoms with Crippen LogP contribution in [-0.4, -0.2) is 82.3 Å². The standard InChI is InChI=1S/C45H18B8N4O2/c46-32-30-31-33(47)35(49)37(51)39(53)41(31)57(40(30)38(52)36(50)34(32)48)45-55-43(19-8-2-1-3-9-19)54-44(56-45)20-16-17-25-28(18-20)58-27-15-7-11-22(29(25)27)24-13-6-12-23-21-10-4-5-14-26(21)59-42(23)24/h1-18H. The maximum Gasteiger partial charge on any atom is 0.238 e. The number of benzene rings is 7. The minimum Gasteiger partial charge on any atom is -0.456 e. The number of rotatable bonds is 4. The van der Waals surface area contributed by atoms with Crippen LogP contribution in [0.4, 0.5) is 0 Å². The van der Waals surface area contributed by atoms with Gasteiger partial charge >= 0.3 is 0 Å². The molecule has 0 fully saturated rings. The van der Waals surface area contributed by atoms with E-state index in [0.29, 0.717) is 50.2 Å². The van der Waals surface area contributed by atoms with Crippen molar-refractivity contribution in [2.75, 3.05) is 0 Å². The number of furan rings is 2. The highest BCUT2D eigenvalue weighted by molar-refractivity contribution is 6.71. The molecule has 0 unspecified atom stereocenters. The average Bonchev–Trinajstić information content (AvgIpc) is 3.96. The summed E-state index contributed by atoms with van der Waals surface area (Å²) in [6, 6.07) is 35.6. The second kappa shape index (κ2) is 13.0. The molecule has 0 saturated carbocycles. The van der Waals surface area contributed by atoms with Gasteiger partial charge in [-0.05, 0) is 40.6 Å². The van der Waals surface area contributed by atoms with E-state index >= 15 is 0 Å². The molecule has 7 aromatic carbocycles. The molecule has 0 saturated heterocycles. The van der Waals surface area contributed by atoms with Crippen molar-refractivity contribution in [2.45, 2.75) is 0 Å². The minimum atomic E-state index is 0.0703. The van der Waals surface area contributed by atoms with E-state index in [1.807, 2.05) is 78.9 Å². The van der Waals surface area contributed by atoms with Crippen LogP contribution in [0.5, 0.6) is 0 Å². The first-order valence-corrected chi connectivity index (χ1v) is 18.6. The van der Waals surface area contributed by atoms with E-state index in [1.54, 1.807) is 4.57 Å². The van der Waals surface area contributed by atoms with Gasteiger partial charge in [0.2, 0.25) is 5.95 Å². The third-order valence-corrected chi connectivity index (χ3v) is 11.3. The fourth-order valence-corrected chi connectivity index (χ4v) is 8.37. The lowest BCUT2D eigenvalue weighted by molar-refractivity contribution is 0.669. The van der Waals surface area contributed by atoms with Crippen LogP contribution in [0, 0.1) is 0 Å². The lowest BCUT2D eigenvalue weighted by Crippen LogP contribution is -2.49. The van der Waals surface area contributed by atoms with Gasteiger partial charge in [-0.1, -0.05) is 107 Å². The molecule has 0 aliphatic carbocycles. The summed E-state index contributed by atoms with van der Waals surface area (Å²) in [7, 11) is 52.5. The highest BCUT2D eigenvalue weighted by Gasteiger charge is 2.25. The Labute approximate surface area is 348 Å². The van der Waals surface area contributed by atoms with Crippen LogP contribution in [-0.2, 0) is 0 Å². The summed E-state index contributed by atoms with van der Waals surface area (Å²) in [5.41, 5.74) is 7.72. The molecule has 0 spiro atoms. The molecule has 0 aliphatic heterocycles. The van der Waals surface area contributed by atoms with E-state index in [4.69, 9.17) is 86.6 Å². The van der Waals surface area contributed by atoms with E-state index in [9.17, 15) is 0 Å². The first kappa shape index (κ1) is 35.6. The Morgan fingerprint density at radius 1 is 0.390 bits per heavy atom. The van der Waals surface area contributed by atoms with Gasteiger partial charge in [-0.3, -0.25) is 4.57 Å². The molecule has 0 amide bonds. The van der Waals surface area contributed by atoms with Crippen molar-refractivity contribution < 1.29 is 8.83 Å². The molecular weight excluding hydrogens is 715 g/mol. The maximum absolute atomic E-state index is 6.75. The highest BCUT2D eigenvalue weighted by Crippen LogP contribution is 2.42. The Hall–Kier alpha value is -6.53. The Balaban J connectivity index is 1.17. The van der Waals surface area contributed by atoms with Crippen molar-refractivity contribution in [3.63, 3.8) is 0 Å². The van der Waals surface area contributed by atoms with Gasteiger partial charge in [0.05, 0.1) is 0 Å². The molecule has 11 aromatic rings. The quantitative estimate of drug-likeness (QED) is 0.260. The van der Waals surface area contributed by atoms with Gasteiger partial charge in [-0.15, -0.1) is 21.9 Å². The molecule has 6 nitrogen and oxygen atoms in total. The fraction of sp³-hybridized carbons (Fsp3) is 0. The van der Waals surface area contributed by atoms with Crippen molar-refractivity contribution in [2.24, 2.45) is 0 Å². The Kier molecular flexibility index (Phi) is 7.84. The van der Waals surface area contributed by atoms with E-state index in [1.165, 1.54) is 0 Å². The molecule has 0 N–H and O–H groups in total. The second-order valence-corrected chi connectivity index (χ2v) is 14.5. The first-order chi connectivity index (χ1) is 28.6. The normalized spacial score (nSPS) is 11.9. The van der Waals surface area contributed by atoms with Gasteiger partial charge in [0.15, 0.2) is 11.6 Å². The van der Waals surface area contributed by atoms with Crippen LogP contribution in [0.2, 0.25) is 0 Å². The summed E-state index contributed by atoms with van der Waals surface area (Å²) in [5.74, 6) is 0.810. The topological polar surface area (TPSA) is 69.9 Å². The summed E-state index contributed by atoms with van der Waals surface area (Å²) in [5, 5.41) is 4.70. The zero-order chi connectivity index (χ0) is 40.4. The zero-order valence-corrected chi connectivity index (χ0v) is 31.1. The summed E-state index contributed by atoms with van der Waals surface area (Å²) in [6.07, 6.45) is 0. The van der Waals surface area contributed by atoms with Gasteiger partial charge in [0, 0.05) is 49.3 Å². The highest BCUT2D eigenvalue weighted by atomic mass is 16.3. The van der Waals surface area contributed by atoms with Crippen molar-refractivity contribution in [1.82, 2.24) is 19.5 Å². The van der Waals surface area contributed by atoms with Crippen LogP contribution in [0.15, 0.2) is 118 Å². The summed E-state index contributed by atoms with van der Waals surface area (Å²) in [4.78, 5) is 15.0. The summed E-state index contributed by atoms with van der Waals surface area (Å²) in [6.45, 7) is 0. The largest absolute Gasteiger partial charge is 0.456 e. The Morgan fingerprint density at radius 2 is 0.966 bits per heavy atom. The monoisotopic (exact) mass is 734 g/mol. The third kappa shape index (κ3) is 5.08. The molecule has 0 atom stereocenters. The Bertz CT molecular complexity index is 3540. The molecule has 0 aliphatic rings. The predicted octanol–water partition coefficient (Wildman–Crippen LogP) is 2.12. The van der Waals surface area contributed by atoms with Crippen molar-refractivity contribution in [3.05, 3.63) is 109 Å². The average molecular weight is 733 g/mol. The van der Waals surface area contributed by atoms with Gasteiger partial charge in [-0.2, -0.15) is 9.97 Å². The molecule has 11 rings (SSSR count). The van der Waals surface area contributed by atoms with Gasteiger partial charge in [0.25, 0.3) is 0 Å². The first-order valence-electron chi connectivity index (χ1n) is 18.6. The third-order valence-electron chi connectivity index (χ3n) is 11.3. The molecule has 59 heavy (non-hydrogen) atoms. The van der Waals surface area contributed by atoms with Gasteiger partial charge in [-0.25, -0.2) is 4.98 Å². The lowest BCUT2D eigenvalue weighted by Gasteiger charge is -2.17. The second-order valence-electron chi connectivity index (χ2n) is 14.5. The predicted molar refractivity (Wildman–Crippen MR) is 248 cm³/mol. The zero-order valence-electron chi connectivity index (χ0n) is 31.1. The number of aromatic nitrogens is 4. The van der Waals surface area contributed by atoms with Crippen LogP contribution in [0.3, 0.4) is 0 Å². The molecule has 16 radical (unpaired) electrons. The number of hydrogen-bond donors (Lipinski definition) is 0. The number of hydrogen-bond acceptors (Lipinski definition) is 5. The van der Waals surface area contributed by atoms with Crippen LogP contribution < -0.4 is 43.7 Å². The molecule has 4 heterocycles. The summed E-state index contributed by atoms with van der Waals surface area (Å²) < 4.78 is 14.6. The maximum atomic E-state index is 6.75. The van der Waals surface area contributed by atoms with E-state index in [0.717, 1.165) is 49.4 Å².